The van der Waals surface area contributed by atoms with Gasteiger partial charge in [0, 0.05) is 24.8 Å². The zero-order valence-corrected chi connectivity index (χ0v) is 18.6. The fourth-order valence-corrected chi connectivity index (χ4v) is 5.35. The number of anilines is 1. The predicted molar refractivity (Wildman–Crippen MR) is 119 cm³/mol. The Morgan fingerprint density at radius 2 is 1.94 bits per heavy atom. The molecule has 33 heavy (non-hydrogen) atoms. The first-order valence-corrected chi connectivity index (χ1v) is 11.3. The Hall–Kier alpha value is -3.28. The maximum Gasteiger partial charge on any atom is 0.338 e. The van der Waals surface area contributed by atoms with Crippen LogP contribution in [0.4, 0.5) is 5.82 Å². The van der Waals surface area contributed by atoms with Crippen molar-refractivity contribution in [3.05, 3.63) is 58.3 Å². The molecule has 1 spiro atoms. The monoisotopic (exact) mass is 446 g/mol. The van der Waals surface area contributed by atoms with Crippen molar-refractivity contribution in [1.29, 1.82) is 5.26 Å². The molecule has 0 bridgehead atoms. The molecule has 0 saturated carbocycles. The molecule has 0 radical (unpaired) electrons. The molecule has 0 aliphatic carbocycles. The minimum Gasteiger partial charge on any atom is -0.457 e. The van der Waals surface area contributed by atoms with E-state index in [1.165, 1.54) is 6.20 Å². The van der Waals surface area contributed by atoms with E-state index in [2.05, 4.69) is 9.88 Å². The highest BCUT2D eigenvalue weighted by Gasteiger charge is 2.48. The molecular formula is C25H26N4O4. The lowest BCUT2D eigenvalue weighted by Gasteiger charge is -2.38. The third-order valence-electron chi connectivity index (χ3n) is 7.48. The Kier molecular flexibility index (Phi) is 5.39. The molecule has 3 aliphatic rings. The summed E-state index contributed by atoms with van der Waals surface area (Å²) in [7, 11) is 0. The van der Waals surface area contributed by atoms with Crippen molar-refractivity contribution in [2.45, 2.75) is 38.9 Å². The van der Waals surface area contributed by atoms with Crippen LogP contribution in [-0.4, -0.2) is 53.0 Å². The topological polar surface area (TPSA) is 107 Å². The van der Waals surface area contributed by atoms with Gasteiger partial charge in [0.25, 0.3) is 0 Å². The number of piperidine rings is 1. The average molecular weight is 447 g/mol. The van der Waals surface area contributed by atoms with Crippen LogP contribution >= 0.6 is 0 Å². The lowest BCUT2D eigenvalue weighted by atomic mass is 9.77. The Morgan fingerprint density at radius 1 is 1.18 bits per heavy atom. The zero-order valence-electron chi connectivity index (χ0n) is 18.6. The molecule has 4 heterocycles. The molecule has 5 rings (SSSR count). The quantitative estimate of drug-likeness (QED) is 0.719. The molecule has 1 amide bonds. The summed E-state index contributed by atoms with van der Waals surface area (Å²) in [4.78, 5) is 33.3. The summed E-state index contributed by atoms with van der Waals surface area (Å²) in [6, 6.07) is 9.03. The summed E-state index contributed by atoms with van der Waals surface area (Å²) in [5, 5.41) is 19.9. The molecule has 1 N–H and O–H groups in total. The van der Waals surface area contributed by atoms with Crippen molar-refractivity contribution in [3.8, 4) is 6.07 Å². The maximum atomic E-state index is 13.3. The van der Waals surface area contributed by atoms with Gasteiger partial charge in [-0.1, -0.05) is 6.07 Å². The van der Waals surface area contributed by atoms with Crippen LogP contribution in [0, 0.1) is 23.7 Å². The summed E-state index contributed by atoms with van der Waals surface area (Å²) in [5.41, 5.74) is 3.28. The number of amides is 1. The Labute approximate surface area is 192 Å². The molecule has 8 heteroatoms. The van der Waals surface area contributed by atoms with Crippen LogP contribution in [0.3, 0.4) is 0 Å². The molecule has 2 fully saturated rings. The molecule has 1 aromatic carbocycles. The Balaban J connectivity index is 1.22. The predicted octanol–water partition coefficient (Wildman–Crippen LogP) is 2.48. The van der Waals surface area contributed by atoms with E-state index in [0.717, 1.165) is 49.0 Å². The number of hydrogen-bond acceptors (Lipinski definition) is 7. The van der Waals surface area contributed by atoms with Gasteiger partial charge in [-0.2, -0.15) is 5.26 Å². The van der Waals surface area contributed by atoms with E-state index in [4.69, 9.17) is 10.00 Å². The van der Waals surface area contributed by atoms with Crippen molar-refractivity contribution in [3.63, 3.8) is 0 Å². The number of pyridine rings is 1. The van der Waals surface area contributed by atoms with Crippen LogP contribution in [0.15, 0.2) is 30.5 Å². The van der Waals surface area contributed by atoms with Crippen LogP contribution in [0.2, 0.25) is 0 Å². The number of β-amino-alcohol motifs (C(OH)–C–C–N with tert-alkyl or cyclic N) is 1. The molecule has 1 atom stereocenters. The molecule has 8 nitrogen and oxygen atoms in total. The average Bonchev–Trinajstić information content (AvgIpc) is 3.36. The van der Waals surface area contributed by atoms with Gasteiger partial charge in [-0.15, -0.1) is 0 Å². The number of aliphatic hydroxyl groups is 1. The summed E-state index contributed by atoms with van der Waals surface area (Å²) in [6.07, 6.45) is 3.12. The van der Waals surface area contributed by atoms with E-state index in [0.29, 0.717) is 30.0 Å². The molecule has 0 unspecified atom stereocenters. The highest BCUT2D eigenvalue weighted by atomic mass is 16.5. The van der Waals surface area contributed by atoms with Gasteiger partial charge < -0.3 is 14.7 Å². The number of benzene rings is 1. The number of rotatable bonds is 4. The zero-order chi connectivity index (χ0) is 23.2. The van der Waals surface area contributed by atoms with Crippen LogP contribution in [0.25, 0.3) is 0 Å². The van der Waals surface area contributed by atoms with Gasteiger partial charge in [0.15, 0.2) is 0 Å². The number of esters is 1. The van der Waals surface area contributed by atoms with Crippen LogP contribution < -0.4 is 4.90 Å². The second-order valence-electron chi connectivity index (χ2n) is 9.20. The fraction of sp³-hybridized carbons (Fsp3) is 0.440. The summed E-state index contributed by atoms with van der Waals surface area (Å²) < 4.78 is 5.12. The molecule has 2 saturated heterocycles. The second kappa shape index (κ2) is 8.25. The van der Waals surface area contributed by atoms with Crippen LogP contribution in [0.5, 0.6) is 0 Å². The summed E-state index contributed by atoms with van der Waals surface area (Å²) >= 11 is 0. The number of aromatic nitrogens is 1. The van der Waals surface area contributed by atoms with Crippen molar-refractivity contribution in [2.75, 3.05) is 31.1 Å². The van der Waals surface area contributed by atoms with Gasteiger partial charge >= 0.3 is 5.97 Å². The standard InChI is InChI=1S/C25H26N4O4/c1-16-18(3-4-19-20(16)15-33-23(19)31)21(30)14-28-9-6-25(7-10-28)8-11-29(24(25)32)22-5-2-17(12-26)13-27-22/h2-5,13,21,30H,6-11,14-15H2,1H3/t21-/m0/s1. The fourth-order valence-electron chi connectivity index (χ4n) is 5.35. The van der Waals surface area contributed by atoms with Crippen LogP contribution in [0.1, 0.15) is 58.0 Å². The van der Waals surface area contributed by atoms with Crippen molar-refractivity contribution in [2.24, 2.45) is 5.41 Å². The van der Waals surface area contributed by atoms with Crippen molar-refractivity contribution >= 4 is 17.7 Å². The number of nitriles is 1. The first kappa shape index (κ1) is 21.6. The number of likely N-dealkylation sites (tertiary alicyclic amines) is 1. The number of cyclic esters (lactones) is 1. The van der Waals surface area contributed by atoms with Crippen LogP contribution in [-0.2, 0) is 16.1 Å². The minimum atomic E-state index is -0.668. The lowest BCUT2D eigenvalue weighted by Crippen LogP contribution is -2.45. The number of nitrogens with zero attached hydrogens (tertiary/aromatic N) is 4. The molecule has 2 aromatic rings. The number of carbonyl (C=O) groups excluding carboxylic acids is 2. The molecule has 170 valence electrons. The normalized spacial score (nSPS) is 20.6. The Bertz CT molecular complexity index is 1150. The number of fused-ring (bicyclic) bond motifs is 1. The van der Waals surface area contributed by atoms with Gasteiger partial charge in [-0.3, -0.25) is 9.69 Å². The first-order chi connectivity index (χ1) is 15.9. The van der Waals surface area contributed by atoms with E-state index in [9.17, 15) is 14.7 Å². The third-order valence-corrected chi connectivity index (χ3v) is 7.48. The molecule has 3 aliphatic heterocycles. The van der Waals surface area contributed by atoms with E-state index in [1.54, 1.807) is 23.1 Å². The second-order valence-corrected chi connectivity index (χ2v) is 9.20. The van der Waals surface area contributed by atoms with Crippen molar-refractivity contribution in [1.82, 2.24) is 9.88 Å². The van der Waals surface area contributed by atoms with Gasteiger partial charge in [0.1, 0.15) is 18.5 Å². The van der Waals surface area contributed by atoms with Crippen molar-refractivity contribution < 1.29 is 19.4 Å². The number of ether oxygens (including phenoxy) is 1. The van der Waals surface area contributed by atoms with E-state index < -0.39 is 6.10 Å². The van der Waals surface area contributed by atoms with Gasteiger partial charge in [-0.25, -0.2) is 9.78 Å². The van der Waals surface area contributed by atoms with E-state index in [-0.39, 0.29) is 23.9 Å². The van der Waals surface area contributed by atoms with E-state index in [1.807, 2.05) is 19.1 Å². The van der Waals surface area contributed by atoms with E-state index >= 15 is 0 Å². The number of carbonyl (C=O) groups is 2. The minimum absolute atomic E-state index is 0.110. The highest BCUT2D eigenvalue weighted by molar-refractivity contribution is 5.99. The lowest BCUT2D eigenvalue weighted by molar-refractivity contribution is -0.128. The third kappa shape index (κ3) is 3.67. The molecule has 1 aromatic heterocycles. The van der Waals surface area contributed by atoms with Gasteiger partial charge in [-0.05, 0) is 68.6 Å². The molecular weight excluding hydrogens is 420 g/mol. The Morgan fingerprint density at radius 3 is 2.64 bits per heavy atom. The largest absolute Gasteiger partial charge is 0.457 e. The maximum absolute atomic E-state index is 13.3. The first-order valence-electron chi connectivity index (χ1n) is 11.3. The highest BCUT2D eigenvalue weighted by Crippen LogP contribution is 2.43. The summed E-state index contributed by atoms with van der Waals surface area (Å²) in [6.45, 7) is 4.79. The SMILES string of the molecule is Cc1c([C@@H](O)CN2CCC3(CC2)CCN(c2ccc(C#N)cn2)C3=O)ccc2c1COC2=O. The summed E-state index contributed by atoms with van der Waals surface area (Å²) in [5.74, 6) is 0.407. The van der Waals surface area contributed by atoms with Gasteiger partial charge in [0.2, 0.25) is 5.91 Å². The smallest absolute Gasteiger partial charge is 0.338 e. The van der Waals surface area contributed by atoms with Gasteiger partial charge in [0.05, 0.1) is 22.6 Å². The number of aliphatic hydroxyl groups excluding tert-OH is 1. The number of hydrogen-bond donors (Lipinski definition) is 1.